The molecule has 1 aromatic heterocycles. The van der Waals surface area contributed by atoms with Gasteiger partial charge in [0.1, 0.15) is 15.4 Å². The van der Waals surface area contributed by atoms with Crippen LogP contribution in [0.4, 0.5) is 11.4 Å². The van der Waals surface area contributed by atoms with Crippen LogP contribution in [-0.4, -0.2) is 35.4 Å². The molecular weight excluding hydrogens is 612 g/mol. The van der Waals surface area contributed by atoms with Gasteiger partial charge < -0.3 is 10.5 Å². The molecule has 0 unspecified atom stereocenters. The zero-order valence-corrected chi connectivity index (χ0v) is 24.4. The molecule has 0 fully saturated rings. The molecule has 15 heteroatoms. The quantitative estimate of drug-likeness (QED) is 0.171. The number of hydrogen-bond acceptors (Lipinski definition) is 11. The summed E-state index contributed by atoms with van der Waals surface area (Å²) in [5.41, 5.74) is 5.22. The molecule has 0 saturated carbocycles. The van der Waals surface area contributed by atoms with E-state index >= 15 is 0 Å². The molecule has 1 atom stereocenters. The molecule has 224 valence electrons. The number of rotatable bonds is 8. The van der Waals surface area contributed by atoms with Crippen molar-refractivity contribution in [1.29, 1.82) is 0 Å². The molecule has 0 bridgehead atoms. The minimum Gasteiger partial charge on any atom is -0.463 e. The third kappa shape index (κ3) is 5.29. The predicted molar refractivity (Wildman–Crippen MR) is 161 cm³/mol. The summed E-state index contributed by atoms with van der Waals surface area (Å²) in [6.07, 6.45) is 1.36. The Morgan fingerprint density at radius 3 is 2.27 bits per heavy atom. The van der Waals surface area contributed by atoms with Gasteiger partial charge in [-0.25, -0.2) is 13.2 Å². The number of sulfone groups is 1. The average Bonchev–Trinajstić information content (AvgIpc) is 3.32. The lowest BCUT2D eigenvalue weighted by molar-refractivity contribution is -0.385. The minimum absolute atomic E-state index is 0.0126. The molecule has 2 N–H and O–H groups in total. The number of nitro benzene ring substituents is 2. The Hall–Kier alpha value is -5.41. The zero-order valence-electron chi connectivity index (χ0n) is 22.8. The second-order valence-electron chi connectivity index (χ2n) is 9.39. The number of ether oxygens (including phenoxy) is 1. The number of esters is 1. The van der Waals surface area contributed by atoms with Crippen molar-refractivity contribution in [2.75, 3.05) is 6.61 Å². The van der Waals surface area contributed by atoms with Gasteiger partial charge in [-0.05, 0) is 36.3 Å². The van der Waals surface area contributed by atoms with Crippen LogP contribution in [0.2, 0.25) is 0 Å². The fraction of sp³-hybridized carbons (Fsp3) is 0.103. The van der Waals surface area contributed by atoms with E-state index in [1.165, 1.54) is 72.8 Å². The molecule has 1 aliphatic rings. The number of nitrogens with zero attached hydrogens (tertiary/aromatic N) is 3. The number of thiazole rings is 1. The van der Waals surface area contributed by atoms with E-state index in [0.717, 1.165) is 22.0 Å². The number of nitro groups is 2. The number of fused-ring (bicyclic) bond motifs is 1. The van der Waals surface area contributed by atoms with E-state index in [0.29, 0.717) is 5.56 Å². The number of hydrogen-bond donors (Lipinski definition) is 1. The molecule has 3 aromatic carbocycles. The van der Waals surface area contributed by atoms with Crippen molar-refractivity contribution in [2.45, 2.75) is 17.7 Å². The van der Waals surface area contributed by atoms with E-state index in [9.17, 15) is 38.2 Å². The molecule has 0 aliphatic carbocycles. The van der Waals surface area contributed by atoms with Gasteiger partial charge in [0.2, 0.25) is 9.84 Å². The number of carbonyl (C=O) groups excluding carboxylic acids is 1. The van der Waals surface area contributed by atoms with E-state index in [1.807, 2.05) is 0 Å². The summed E-state index contributed by atoms with van der Waals surface area (Å²) >= 11 is 0.799. The standard InChI is InChI=1S/C29H22N4O9S2/c1-2-42-29(35)24-23(18-9-7-11-20(16-18)33(38)39)25(44(40,41)21-12-4-3-5-13-21)26(30)31-27(34)22(43-28(24)31)15-17-8-6-10-19(14-17)32(36)37/h3-16,23H,2,30H2,1H3/b22-15+/t23-/m1/s1. The summed E-state index contributed by atoms with van der Waals surface area (Å²) in [7, 11) is -4.53. The topological polar surface area (TPSA) is 195 Å². The van der Waals surface area contributed by atoms with Gasteiger partial charge in [0.15, 0.2) is 0 Å². The lowest BCUT2D eigenvalue weighted by atomic mass is 9.89. The first kappa shape index (κ1) is 30.1. The molecule has 4 aromatic rings. The Balaban J connectivity index is 1.93. The van der Waals surface area contributed by atoms with Gasteiger partial charge in [-0.15, -0.1) is 11.3 Å². The van der Waals surface area contributed by atoms with Crippen molar-refractivity contribution >= 4 is 56.0 Å². The highest BCUT2D eigenvalue weighted by Crippen LogP contribution is 2.42. The summed E-state index contributed by atoms with van der Waals surface area (Å²) in [5, 5.41) is 23.0. The normalized spacial score (nSPS) is 15.2. The first-order chi connectivity index (χ1) is 20.9. The van der Waals surface area contributed by atoms with Gasteiger partial charge in [0.25, 0.3) is 16.9 Å². The minimum atomic E-state index is -4.53. The second kappa shape index (κ2) is 11.7. The van der Waals surface area contributed by atoms with Crippen molar-refractivity contribution in [3.8, 4) is 0 Å². The SMILES string of the molecule is CCOC(=O)C1=c2s/c(=C/c3cccc([N+](=O)[O-])c3)c(=O)n2C(N)=C(S(=O)(=O)c2ccccc2)[C@@H]1c1cccc([N+](=O)[O-])c1. The molecule has 2 heterocycles. The first-order valence-corrected chi connectivity index (χ1v) is 15.2. The fourth-order valence-electron chi connectivity index (χ4n) is 4.84. The van der Waals surface area contributed by atoms with Crippen LogP contribution < -0.4 is 20.5 Å². The van der Waals surface area contributed by atoms with E-state index in [1.54, 1.807) is 13.0 Å². The third-order valence-electron chi connectivity index (χ3n) is 6.73. The zero-order chi connectivity index (χ0) is 31.8. The van der Waals surface area contributed by atoms with Gasteiger partial charge in [0, 0.05) is 24.3 Å². The van der Waals surface area contributed by atoms with E-state index in [2.05, 4.69) is 0 Å². The molecule has 1 aliphatic heterocycles. The largest absolute Gasteiger partial charge is 0.463 e. The van der Waals surface area contributed by atoms with Crippen LogP contribution in [-0.2, 0) is 19.4 Å². The Morgan fingerprint density at radius 1 is 1.00 bits per heavy atom. The van der Waals surface area contributed by atoms with Crippen molar-refractivity contribution in [3.05, 3.63) is 135 Å². The predicted octanol–water partition coefficient (Wildman–Crippen LogP) is 2.62. The van der Waals surface area contributed by atoms with Crippen molar-refractivity contribution in [2.24, 2.45) is 5.73 Å². The van der Waals surface area contributed by atoms with E-state index in [-0.39, 0.29) is 43.2 Å². The number of carbonyl (C=O) groups is 1. The van der Waals surface area contributed by atoms with Crippen LogP contribution in [0.5, 0.6) is 0 Å². The maximum absolute atomic E-state index is 14.2. The van der Waals surface area contributed by atoms with Crippen LogP contribution in [0, 0.1) is 20.2 Å². The molecule has 0 saturated heterocycles. The number of nitrogens with two attached hydrogens (primary N) is 1. The Bertz CT molecular complexity index is 2170. The highest BCUT2D eigenvalue weighted by Gasteiger charge is 2.42. The lowest BCUT2D eigenvalue weighted by Crippen LogP contribution is -2.41. The van der Waals surface area contributed by atoms with Crippen LogP contribution in [0.3, 0.4) is 0 Å². The van der Waals surface area contributed by atoms with Gasteiger partial charge in [-0.3, -0.25) is 29.6 Å². The summed E-state index contributed by atoms with van der Waals surface area (Å²) < 4.78 is 34.6. The number of non-ortho nitro benzene ring substituents is 2. The van der Waals surface area contributed by atoms with Crippen LogP contribution in [0.1, 0.15) is 24.0 Å². The number of allylic oxidation sites excluding steroid dienone is 1. The van der Waals surface area contributed by atoms with Crippen LogP contribution in [0.15, 0.2) is 93.5 Å². The first-order valence-electron chi connectivity index (χ1n) is 12.9. The summed E-state index contributed by atoms with van der Waals surface area (Å²) in [5.74, 6) is -2.97. The summed E-state index contributed by atoms with van der Waals surface area (Å²) in [6.45, 7) is 1.44. The van der Waals surface area contributed by atoms with Gasteiger partial charge in [-0.2, -0.15) is 0 Å². The molecular formula is C29H22N4O9S2. The van der Waals surface area contributed by atoms with E-state index in [4.69, 9.17) is 10.5 Å². The van der Waals surface area contributed by atoms with E-state index < -0.39 is 47.9 Å². The highest BCUT2D eigenvalue weighted by molar-refractivity contribution is 7.95. The smallest absolute Gasteiger partial charge is 0.338 e. The van der Waals surface area contributed by atoms with Crippen LogP contribution in [0.25, 0.3) is 17.5 Å². The maximum Gasteiger partial charge on any atom is 0.338 e. The van der Waals surface area contributed by atoms with Crippen molar-refractivity contribution in [1.82, 2.24) is 4.57 Å². The monoisotopic (exact) mass is 634 g/mol. The molecule has 0 radical (unpaired) electrons. The molecule has 5 rings (SSSR count). The second-order valence-corrected chi connectivity index (χ2v) is 12.3. The lowest BCUT2D eigenvalue weighted by Gasteiger charge is -2.28. The summed E-state index contributed by atoms with van der Waals surface area (Å²) in [6, 6.07) is 17.8. The molecule has 0 amide bonds. The Labute approximate surface area is 252 Å². The van der Waals surface area contributed by atoms with Crippen molar-refractivity contribution < 1.29 is 27.8 Å². The average molecular weight is 635 g/mol. The highest BCUT2D eigenvalue weighted by atomic mass is 32.2. The molecule has 44 heavy (non-hydrogen) atoms. The Kier molecular flexibility index (Phi) is 7.99. The van der Waals surface area contributed by atoms with Gasteiger partial charge in [-0.1, -0.05) is 42.5 Å². The Morgan fingerprint density at radius 2 is 1.64 bits per heavy atom. The fourth-order valence-corrected chi connectivity index (χ4v) is 7.71. The van der Waals surface area contributed by atoms with Crippen molar-refractivity contribution in [3.63, 3.8) is 0 Å². The third-order valence-corrected chi connectivity index (χ3v) is 9.75. The van der Waals surface area contributed by atoms with Crippen LogP contribution >= 0.6 is 11.3 Å². The number of aromatic nitrogens is 1. The summed E-state index contributed by atoms with van der Waals surface area (Å²) in [4.78, 5) is 48.4. The maximum atomic E-state index is 14.2. The molecule has 0 spiro atoms. The number of benzene rings is 3. The van der Waals surface area contributed by atoms with Gasteiger partial charge in [0.05, 0.1) is 37.4 Å². The van der Waals surface area contributed by atoms with Gasteiger partial charge >= 0.3 is 5.97 Å². The molecule has 13 nitrogen and oxygen atoms in total.